The summed E-state index contributed by atoms with van der Waals surface area (Å²) in [5, 5.41) is 12.9. The highest BCUT2D eigenvalue weighted by molar-refractivity contribution is 7.99. The van der Waals surface area contributed by atoms with Crippen molar-refractivity contribution in [1.82, 2.24) is 25.0 Å². The van der Waals surface area contributed by atoms with Crippen LogP contribution in [0.5, 0.6) is 0 Å². The lowest BCUT2D eigenvalue weighted by Gasteiger charge is -2.03. The van der Waals surface area contributed by atoms with Crippen LogP contribution in [0.3, 0.4) is 0 Å². The molecule has 0 spiro atoms. The molecule has 0 bridgehead atoms. The SMILES string of the molecule is CCCn1nc(C)c(N)c1Sc1n[nH]c(C)n1. The second-order valence-electron chi connectivity index (χ2n) is 3.83. The van der Waals surface area contributed by atoms with Crippen LogP contribution in [0.2, 0.25) is 0 Å². The first-order chi connectivity index (χ1) is 8.11. The third kappa shape index (κ3) is 2.44. The minimum atomic E-state index is 0.673. The maximum absolute atomic E-state index is 6.02. The molecule has 0 aliphatic rings. The molecule has 0 fully saturated rings. The molecule has 2 rings (SSSR count). The van der Waals surface area contributed by atoms with Crippen molar-refractivity contribution >= 4 is 17.4 Å². The van der Waals surface area contributed by atoms with Crippen molar-refractivity contribution in [3.63, 3.8) is 0 Å². The van der Waals surface area contributed by atoms with E-state index in [2.05, 4.69) is 27.2 Å². The second kappa shape index (κ2) is 4.79. The number of nitrogen functional groups attached to an aromatic ring is 1. The van der Waals surface area contributed by atoms with E-state index < -0.39 is 0 Å². The van der Waals surface area contributed by atoms with Crippen LogP contribution in [0.4, 0.5) is 5.69 Å². The number of hydrogen-bond acceptors (Lipinski definition) is 5. The molecule has 0 amide bonds. The van der Waals surface area contributed by atoms with Gasteiger partial charge in [0, 0.05) is 6.54 Å². The third-order valence-electron chi connectivity index (χ3n) is 2.33. The van der Waals surface area contributed by atoms with Crippen LogP contribution in [0, 0.1) is 13.8 Å². The Kier molecular flexibility index (Phi) is 3.37. The van der Waals surface area contributed by atoms with Crippen molar-refractivity contribution in [2.75, 3.05) is 5.73 Å². The number of nitrogens with two attached hydrogens (primary N) is 1. The molecular weight excluding hydrogens is 236 g/mol. The van der Waals surface area contributed by atoms with E-state index in [9.17, 15) is 0 Å². The average molecular weight is 252 g/mol. The average Bonchev–Trinajstić information content (AvgIpc) is 2.79. The Hall–Kier alpha value is -1.50. The predicted molar refractivity (Wildman–Crippen MR) is 66.9 cm³/mol. The second-order valence-corrected chi connectivity index (χ2v) is 4.79. The first kappa shape index (κ1) is 12.0. The lowest BCUT2D eigenvalue weighted by molar-refractivity contribution is 0.555. The first-order valence-electron chi connectivity index (χ1n) is 5.51. The molecule has 0 atom stereocenters. The number of nitrogens with zero attached hydrogens (tertiary/aromatic N) is 4. The Labute approximate surface area is 104 Å². The summed E-state index contributed by atoms with van der Waals surface area (Å²) in [4.78, 5) is 4.26. The molecule has 0 unspecified atom stereocenters. The van der Waals surface area contributed by atoms with Crippen molar-refractivity contribution in [3.05, 3.63) is 11.5 Å². The monoisotopic (exact) mass is 252 g/mol. The number of rotatable bonds is 4. The smallest absolute Gasteiger partial charge is 0.214 e. The van der Waals surface area contributed by atoms with Crippen molar-refractivity contribution < 1.29 is 0 Å². The number of nitrogens with one attached hydrogen (secondary N) is 1. The molecule has 17 heavy (non-hydrogen) atoms. The van der Waals surface area contributed by atoms with Gasteiger partial charge in [-0.3, -0.25) is 9.78 Å². The third-order valence-corrected chi connectivity index (χ3v) is 3.31. The van der Waals surface area contributed by atoms with E-state index >= 15 is 0 Å². The molecule has 0 aromatic carbocycles. The van der Waals surface area contributed by atoms with E-state index in [1.165, 1.54) is 11.8 Å². The molecule has 0 aliphatic heterocycles. The van der Waals surface area contributed by atoms with Crippen LogP contribution in [0.1, 0.15) is 24.9 Å². The van der Waals surface area contributed by atoms with Gasteiger partial charge in [-0.15, -0.1) is 5.10 Å². The minimum absolute atomic E-state index is 0.673. The molecule has 6 nitrogen and oxygen atoms in total. The van der Waals surface area contributed by atoms with E-state index in [4.69, 9.17) is 5.73 Å². The summed E-state index contributed by atoms with van der Waals surface area (Å²) in [6.07, 6.45) is 1.02. The number of aryl methyl sites for hydroxylation is 3. The van der Waals surface area contributed by atoms with Gasteiger partial charge in [-0.1, -0.05) is 6.92 Å². The van der Waals surface area contributed by atoms with Gasteiger partial charge in [-0.05, 0) is 32.0 Å². The maximum Gasteiger partial charge on any atom is 0.214 e. The minimum Gasteiger partial charge on any atom is -0.395 e. The summed E-state index contributed by atoms with van der Waals surface area (Å²) in [6.45, 7) is 6.74. The van der Waals surface area contributed by atoms with Crippen LogP contribution in [-0.2, 0) is 6.54 Å². The molecule has 0 saturated heterocycles. The predicted octanol–water partition coefficient (Wildman–Crippen LogP) is 1.76. The highest BCUT2D eigenvalue weighted by Gasteiger charge is 2.15. The molecule has 7 heteroatoms. The number of hydrogen-bond donors (Lipinski definition) is 2. The number of aromatic amines is 1. The summed E-state index contributed by atoms with van der Waals surface area (Å²) in [7, 11) is 0. The van der Waals surface area contributed by atoms with Crippen molar-refractivity contribution in [2.45, 2.75) is 43.9 Å². The van der Waals surface area contributed by atoms with E-state index in [1.807, 2.05) is 18.5 Å². The fourth-order valence-corrected chi connectivity index (χ4v) is 2.44. The van der Waals surface area contributed by atoms with Crippen LogP contribution < -0.4 is 5.73 Å². The van der Waals surface area contributed by atoms with Crippen LogP contribution in [0.25, 0.3) is 0 Å². The normalized spacial score (nSPS) is 11.0. The van der Waals surface area contributed by atoms with Gasteiger partial charge in [0.05, 0.1) is 11.4 Å². The van der Waals surface area contributed by atoms with Gasteiger partial charge in [0.1, 0.15) is 10.9 Å². The Morgan fingerprint density at radius 1 is 1.41 bits per heavy atom. The zero-order valence-corrected chi connectivity index (χ0v) is 11.0. The molecule has 2 aromatic heterocycles. The standard InChI is InChI=1S/C10H16N6S/c1-4-5-16-9(8(11)6(2)15-16)17-10-12-7(3)13-14-10/h4-5,11H2,1-3H3,(H,12,13,14). The summed E-state index contributed by atoms with van der Waals surface area (Å²) in [5.74, 6) is 0.796. The fraction of sp³-hybridized carbons (Fsp3) is 0.500. The topological polar surface area (TPSA) is 85.4 Å². The van der Waals surface area contributed by atoms with Crippen molar-refractivity contribution in [3.8, 4) is 0 Å². The molecule has 0 radical (unpaired) electrons. The lowest BCUT2D eigenvalue weighted by atomic mass is 10.4. The largest absolute Gasteiger partial charge is 0.395 e. The van der Waals surface area contributed by atoms with Crippen LogP contribution >= 0.6 is 11.8 Å². The molecule has 2 heterocycles. The number of aromatic nitrogens is 5. The van der Waals surface area contributed by atoms with Gasteiger partial charge in [-0.2, -0.15) is 5.10 Å². The zero-order valence-electron chi connectivity index (χ0n) is 10.2. The van der Waals surface area contributed by atoms with Gasteiger partial charge in [0.2, 0.25) is 5.16 Å². The molecule has 92 valence electrons. The number of H-pyrrole nitrogens is 1. The van der Waals surface area contributed by atoms with Gasteiger partial charge >= 0.3 is 0 Å². The lowest BCUT2D eigenvalue weighted by Crippen LogP contribution is -2.01. The Balaban J connectivity index is 2.30. The molecule has 0 aliphatic carbocycles. The summed E-state index contributed by atoms with van der Waals surface area (Å²) in [5.41, 5.74) is 7.59. The van der Waals surface area contributed by atoms with Gasteiger partial charge < -0.3 is 5.73 Å². The molecular formula is C10H16N6S. The van der Waals surface area contributed by atoms with Gasteiger partial charge in [0.15, 0.2) is 0 Å². The fourth-order valence-electron chi connectivity index (χ4n) is 1.50. The Morgan fingerprint density at radius 3 is 2.76 bits per heavy atom. The summed E-state index contributed by atoms with van der Waals surface area (Å²) >= 11 is 1.44. The van der Waals surface area contributed by atoms with Crippen molar-refractivity contribution in [2.24, 2.45) is 0 Å². The molecule has 2 aromatic rings. The highest BCUT2D eigenvalue weighted by Crippen LogP contribution is 2.31. The van der Waals surface area contributed by atoms with Crippen LogP contribution in [0.15, 0.2) is 10.2 Å². The van der Waals surface area contributed by atoms with Gasteiger partial charge in [0.25, 0.3) is 0 Å². The quantitative estimate of drug-likeness (QED) is 0.866. The zero-order chi connectivity index (χ0) is 12.4. The highest BCUT2D eigenvalue weighted by atomic mass is 32.2. The van der Waals surface area contributed by atoms with Gasteiger partial charge in [-0.25, -0.2) is 4.98 Å². The van der Waals surface area contributed by atoms with E-state index in [-0.39, 0.29) is 0 Å². The van der Waals surface area contributed by atoms with E-state index in [1.54, 1.807) is 0 Å². The molecule has 3 N–H and O–H groups in total. The van der Waals surface area contributed by atoms with Crippen LogP contribution in [-0.4, -0.2) is 25.0 Å². The molecule has 0 saturated carbocycles. The maximum atomic E-state index is 6.02. The van der Waals surface area contributed by atoms with E-state index in [0.29, 0.717) is 10.8 Å². The summed E-state index contributed by atoms with van der Waals surface area (Å²) in [6, 6.07) is 0. The van der Waals surface area contributed by atoms with E-state index in [0.717, 1.165) is 29.5 Å². The number of anilines is 1. The van der Waals surface area contributed by atoms with Crippen molar-refractivity contribution in [1.29, 1.82) is 0 Å². The Bertz CT molecular complexity index is 515. The first-order valence-corrected chi connectivity index (χ1v) is 6.33. The Morgan fingerprint density at radius 2 is 2.18 bits per heavy atom. The summed E-state index contributed by atoms with van der Waals surface area (Å²) < 4.78 is 1.92.